The van der Waals surface area contributed by atoms with Gasteiger partial charge in [0, 0.05) is 0 Å². The lowest BCUT2D eigenvalue weighted by molar-refractivity contribution is -0.400. The maximum absolute atomic E-state index is 3.18. The number of hydrogen-bond donors (Lipinski definition) is 1. The van der Waals surface area contributed by atoms with Crippen molar-refractivity contribution in [2.75, 3.05) is 7.05 Å². The Bertz CT molecular complexity index is 275. The van der Waals surface area contributed by atoms with Crippen LogP contribution in [-0.4, -0.2) is 18.0 Å². The molecule has 0 amide bonds. The van der Waals surface area contributed by atoms with Gasteiger partial charge in [-0.05, 0) is 11.4 Å². The van der Waals surface area contributed by atoms with E-state index in [1.165, 1.54) is 10.6 Å². The summed E-state index contributed by atoms with van der Waals surface area (Å²) in [6, 6.07) is 2.16. The van der Waals surface area contributed by atoms with E-state index in [1.54, 1.807) is 11.3 Å². The molecule has 0 saturated carbocycles. The number of nitrogens with one attached hydrogen (secondary N) is 1. The molecule has 0 aliphatic carbocycles. The van der Waals surface area contributed by atoms with Gasteiger partial charge in [-0.1, -0.05) is 0 Å². The maximum Gasteiger partial charge on any atom is 0.237 e. The Morgan fingerprint density at radius 2 is 2.60 bits per heavy atom. The Kier molecular flexibility index (Phi) is 1.24. The average molecular weight is 153 g/mol. The van der Waals surface area contributed by atoms with Gasteiger partial charge in [0.15, 0.2) is 5.00 Å². The normalized spacial score (nSPS) is 15.5. The molecule has 2 rings (SSSR count). The summed E-state index contributed by atoms with van der Waals surface area (Å²) in [5, 5.41) is 6.67. The van der Waals surface area contributed by atoms with E-state index in [0.717, 1.165) is 6.54 Å². The van der Waals surface area contributed by atoms with Crippen molar-refractivity contribution < 1.29 is 4.58 Å². The quantitative estimate of drug-likeness (QED) is 0.553. The monoisotopic (exact) mass is 153 g/mol. The molecule has 0 unspecified atom stereocenters. The van der Waals surface area contributed by atoms with Gasteiger partial charge in [0.25, 0.3) is 0 Å². The summed E-state index contributed by atoms with van der Waals surface area (Å²) in [7, 11) is 2.06. The highest BCUT2D eigenvalue weighted by atomic mass is 32.1. The predicted octanol–water partition coefficient (Wildman–Crippen LogP) is 1.15. The van der Waals surface area contributed by atoms with Crippen molar-refractivity contribution in [3.05, 3.63) is 17.0 Å². The van der Waals surface area contributed by atoms with Crippen LogP contribution in [0.25, 0.3) is 0 Å². The fourth-order valence-electron chi connectivity index (χ4n) is 1.12. The van der Waals surface area contributed by atoms with Gasteiger partial charge in [-0.25, -0.2) is 4.58 Å². The second kappa shape index (κ2) is 2.09. The minimum Gasteiger partial charge on any atom is -0.276 e. The molecule has 1 aromatic heterocycles. The molecule has 0 aromatic carbocycles. The van der Waals surface area contributed by atoms with Gasteiger partial charge < -0.3 is 0 Å². The standard InChI is InChI=1S/C7H8N2S/c1-9-5-8-4-6-2-3-10-7(6)9/h2-3,5H,4H2,1H3/p+1. The molecule has 52 valence electrons. The molecule has 0 spiro atoms. The molecular weight excluding hydrogens is 144 g/mol. The van der Waals surface area contributed by atoms with Gasteiger partial charge in [-0.3, -0.25) is 5.32 Å². The second-order valence-electron chi connectivity index (χ2n) is 2.37. The first-order valence-corrected chi connectivity index (χ1v) is 4.12. The molecule has 1 aliphatic heterocycles. The zero-order chi connectivity index (χ0) is 6.97. The molecule has 0 atom stereocenters. The molecule has 1 aliphatic rings. The minimum absolute atomic E-state index is 0.975. The zero-order valence-corrected chi connectivity index (χ0v) is 6.61. The molecule has 2 heterocycles. The predicted molar refractivity (Wildman–Crippen MR) is 43.1 cm³/mol. The Morgan fingerprint density at radius 3 is 3.40 bits per heavy atom. The highest BCUT2D eigenvalue weighted by molar-refractivity contribution is 7.13. The van der Waals surface area contributed by atoms with Crippen molar-refractivity contribution >= 4 is 22.7 Å². The molecule has 0 bridgehead atoms. The molecule has 1 N–H and O–H groups in total. The number of hydrogen-bond acceptors (Lipinski definition) is 2. The second-order valence-corrected chi connectivity index (χ2v) is 3.27. The van der Waals surface area contributed by atoms with Crippen LogP contribution in [0.4, 0.5) is 5.00 Å². The fraction of sp³-hybridized carbons (Fsp3) is 0.286. The van der Waals surface area contributed by atoms with Crippen molar-refractivity contribution in [2.24, 2.45) is 0 Å². The molecular formula is C7H9N2S+. The Labute approximate surface area is 63.8 Å². The summed E-state index contributed by atoms with van der Waals surface area (Å²) in [5.74, 6) is 0. The topological polar surface area (TPSA) is 15.0 Å². The van der Waals surface area contributed by atoms with Crippen molar-refractivity contribution in [1.29, 1.82) is 0 Å². The molecule has 2 nitrogen and oxygen atoms in total. The SMILES string of the molecule is C[N+]1=CNCc2ccsc21. The lowest BCUT2D eigenvalue weighted by Crippen LogP contribution is -2.21. The van der Waals surface area contributed by atoms with E-state index in [0.29, 0.717) is 0 Å². The van der Waals surface area contributed by atoms with Gasteiger partial charge in [0.2, 0.25) is 6.34 Å². The summed E-state index contributed by atoms with van der Waals surface area (Å²) < 4.78 is 2.11. The van der Waals surface area contributed by atoms with Crippen LogP contribution >= 0.6 is 11.3 Å². The third-order valence-electron chi connectivity index (χ3n) is 1.62. The van der Waals surface area contributed by atoms with E-state index < -0.39 is 0 Å². The number of fused-ring (bicyclic) bond motifs is 1. The van der Waals surface area contributed by atoms with E-state index in [2.05, 4.69) is 28.4 Å². The van der Waals surface area contributed by atoms with Crippen molar-refractivity contribution in [3.63, 3.8) is 0 Å². The maximum atomic E-state index is 3.18. The van der Waals surface area contributed by atoms with Gasteiger partial charge in [-0.2, -0.15) is 0 Å². The van der Waals surface area contributed by atoms with E-state index in [-0.39, 0.29) is 0 Å². The van der Waals surface area contributed by atoms with Gasteiger partial charge in [0.1, 0.15) is 6.54 Å². The third-order valence-corrected chi connectivity index (χ3v) is 2.67. The molecule has 10 heavy (non-hydrogen) atoms. The molecule has 1 aromatic rings. The number of thiophene rings is 1. The van der Waals surface area contributed by atoms with E-state index >= 15 is 0 Å². The van der Waals surface area contributed by atoms with Crippen molar-refractivity contribution in [3.8, 4) is 0 Å². The van der Waals surface area contributed by atoms with Crippen molar-refractivity contribution in [2.45, 2.75) is 6.54 Å². The van der Waals surface area contributed by atoms with Crippen LogP contribution < -0.4 is 5.32 Å². The highest BCUT2D eigenvalue weighted by Crippen LogP contribution is 2.25. The minimum atomic E-state index is 0.975. The van der Waals surface area contributed by atoms with E-state index in [4.69, 9.17) is 0 Å². The number of nitrogens with zero attached hydrogens (tertiary/aromatic N) is 1. The Balaban J connectivity index is 2.55. The summed E-state index contributed by atoms with van der Waals surface area (Å²) in [5.41, 5.74) is 1.40. The lowest BCUT2D eigenvalue weighted by atomic mass is 10.3. The summed E-state index contributed by atoms with van der Waals surface area (Å²) in [6.07, 6.45) is 2.00. The molecule has 0 radical (unpaired) electrons. The third kappa shape index (κ3) is 0.743. The first-order valence-electron chi connectivity index (χ1n) is 3.24. The highest BCUT2D eigenvalue weighted by Gasteiger charge is 2.13. The van der Waals surface area contributed by atoms with E-state index in [9.17, 15) is 0 Å². The van der Waals surface area contributed by atoms with Crippen LogP contribution in [0, 0.1) is 0 Å². The smallest absolute Gasteiger partial charge is 0.237 e. The summed E-state index contributed by atoms with van der Waals surface area (Å²) in [6.45, 7) is 0.975. The van der Waals surface area contributed by atoms with Gasteiger partial charge in [-0.15, -0.1) is 11.3 Å². The van der Waals surface area contributed by atoms with Crippen LogP contribution in [0.2, 0.25) is 0 Å². The first-order chi connectivity index (χ1) is 4.88. The Hall–Kier alpha value is -0.830. The van der Waals surface area contributed by atoms with Crippen LogP contribution in [0.15, 0.2) is 11.4 Å². The van der Waals surface area contributed by atoms with Crippen LogP contribution in [0.1, 0.15) is 5.56 Å². The first kappa shape index (κ1) is 5.92. The van der Waals surface area contributed by atoms with Crippen molar-refractivity contribution in [1.82, 2.24) is 5.32 Å². The number of rotatable bonds is 0. The van der Waals surface area contributed by atoms with E-state index in [1.807, 2.05) is 6.34 Å². The lowest BCUT2D eigenvalue weighted by Gasteiger charge is -2.05. The average Bonchev–Trinajstić information content (AvgIpc) is 2.36. The van der Waals surface area contributed by atoms with Crippen LogP contribution in [0.5, 0.6) is 0 Å². The summed E-state index contributed by atoms with van der Waals surface area (Å²) in [4.78, 5) is 0. The fourth-order valence-corrected chi connectivity index (χ4v) is 1.99. The molecule has 0 saturated heterocycles. The van der Waals surface area contributed by atoms with Gasteiger partial charge in [0.05, 0.1) is 12.6 Å². The van der Waals surface area contributed by atoms with Crippen LogP contribution in [-0.2, 0) is 6.54 Å². The van der Waals surface area contributed by atoms with Gasteiger partial charge >= 0.3 is 0 Å². The summed E-state index contributed by atoms with van der Waals surface area (Å²) >= 11 is 1.79. The van der Waals surface area contributed by atoms with Crippen LogP contribution in [0.3, 0.4) is 0 Å². The largest absolute Gasteiger partial charge is 0.276 e. The molecule has 0 fully saturated rings. The molecule has 3 heteroatoms. The zero-order valence-electron chi connectivity index (χ0n) is 5.79. The Morgan fingerprint density at radius 1 is 1.70 bits per heavy atom.